The van der Waals surface area contributed by atoms with Crippen LogP contribution in [-0.2, 0) is 14.3 Å². The highest BCUT2D eigenvalue weighted by atomic mass is 16.5. The minimum Gasteiger partial charge on any atom is -0.462 e. The van der Waals surface area contributed by atoms with Crippen LogP contribution in [0.25, 0.3) is 0 Å². The van der Waals surface area contributed by atoms with E-state index in [1.807, 2.05) is 6.92 Å². The molecule has 3 rings (SSSR count). The first-order chi connectivity index (χ1) is 14.5. The fourth-order valence-electron chi connectivity index (χ4n) is 3.17. The number of carbonyl (C=O) groups excluding carboxylic acids is 4. The molecule has 1 heterocycles. The molecule has 2 amide bonds. The molecular formula is C23H22N2O5. The zero-order chi connectivity index (χ0) is 21.7. The van der Waals surface area contributed by atoms with Crippen LogP contribution in [0.3, 0.4) is 0 Å². The molecule has 2 aromatic carbocycles. The van der Waals surface area contributed by atoms with E-state index in [0.717, 1.165) is 4.90 Å². The second-order valence-corrected chi connectivity index (χ2v) is 6.60. The third-order valence-electron chi connectivity index (χ3n) is 4.58. The normalized spacial score (nSPS) is 13.3. The van der Waals surface area contributed by atoms with Crippen LogP contribution >= 0.6 is 0 Å². The Labute approximate surface area is 174 Å². The molecule has 7 heteroatoms. The number of fused-ring (bicyclic) bond motifs is 1. The van der Waals surface area contributed by atoms with Crippen LogP contribution < -0.4 is 10.2 Å². The number of hydrogen-bond donors (Lipinski definition) is 1. The Morgan fingerprint density at radius 2 is 1.57 bits per heavy atom. The quantitative estimate of drug-likeness (QED) is 0.236. The maximum atomic E-state index is 12.8. The summed E-state index contributed by atoms with van der Waals surface area (Å²) in [4.78, 5) is 51.3. The lowest BCUT2D eigenvalue weighted by molar-refractivity contribution is -0.140. The number of rotatable bonds is 8. The molecule has 0 radical (unpaired) electrons. The maximum absolute atomic E-state index is 12.8. The summed E-state index contributed by atoms with van der Waals surface area (Å²) in [6.45, 7) is 3.64. The van der Waals surface area contributed by atoms with E-state index in [4.69, 9.17) is 4.74 Å². The van der Waals surface area contributed by atoms with Crippen LogP contribution in [0.5, 0.6) is 0 Å². The first kappa shape index (κ1) is 21.0. The molecule has 1 aliphatic heterocycles. The van der Waals surface area contributed by atoms with E-state index in [-0.39, 0.29) is 24.4 Å². The van der Waals surface area contributed by atoms with E-state index in [1.165, 1.54) is 6.20 Å². The Morgan fingerprint density at radius 1 is 0.967 bits per heavy atom. The lowest BCUT2D eigenvalue weighted by atomic mass is 10.1. The van der Waals surface area contributed by atoms with Crippen molar-refractivity contribution in [3.63, 3.8) is 0 Å². The minimum atomic E-state index is -0.721. The van der Waals surface area contributed by atoms with Gasteiger partial charge in [0, 0.05) is 12.6 Å². The summed E-state index contributed by atoms with van der Waals surface area (Å²) < 4.78 is 4.98. The Bertz CT molecular complexity index is 986. The molecule has 0 spiro atoms. The molecule has 0 aromatic heterocycles. The summed E-state index contributed by atoms with van der Waals surface area (Å²) in [6, 6.07) is 13.3. The first-order valence-electron chi connectivity index (χ1n) is 9.73. The van der Waals surface area contributed by atoms with Gasteiger partial charge in [-0.05, 0) is 37.6 Å². The summed E-state index contributed by atoms with van der Waals surface area (Å²) in [6.07, 6.45) is 2.06. The molecule has 7 nitrogen and oxygen atoms in total. The standard InChI is InChI=1S/C23H22N2O5/c1-3-9-20(26)17(23(29)30-4-2)14-24-18-12-7-8-13-19(18)25-21(27)15-10-5-6-11-16(15)22(25)28/h5-8,10-14,24H,3-4,9H2,1-2H3/b17-14-. The van der Waals surface area contributed by atoms with Gasteiger partial charge >= 0.3 is 5.97 Å². The van der Waals surface area contributed by atoms with Crippen molar-refractivity contribution in [3.05, 3.63) is 71.4 Å². The molecule has 30 heavy (non-hydrogen) atoms. The summed E-state index contributed by atoms with van der Waals surface area (Å²) >= 11 is 0. The molecule has 0 aliphatic carbocycles. The van der Waals surface area contributed by atoms with Crippen molar-refractivity contribution in [3.8, 4) is 0 Å². The molecular weight excluding hydrogens is 384 g/mol. The second kappa shape index (κ2) is 9.17. The highest BCUT2D eigenvalue weighted by molar-refractivity contribution is 6.35. The Morgan fingerprint density at radius 3 is 2.17 bits per heavy atom. The van der Waals surface area contributed by atoms with Crippen molar-refractivity contribution in [1.29, 1.82) is 0 Å². The number of ether oxygens (including phenoxy) is 1. The van der Waals surface area contributed by atoms with E-state index in [0.29, 0.717) is 28.9 Å². The predicted octanol–water partition coefficient (Wildman–Crippen LogP) is 3.72. The van der Waals surface area contributed by atoms with Crippen LogP contribution in [0.1, 0.15) is 47.4 Å². The monoisotopic (exact) mass is 406 g/mol. The van der Waals surface area contributed by atoms with Gasteiger partial charge in [0.15, 0.2) is 5.78 Å². The molecule has 2 aromatic rings. The smallest absolute Gasteiger partial charge is 0.343 e. The lowest BCUT2D eigenvalue weighted by Gasteiger charge is -2.18. The molecule has 0 saturated heterocycles. The summed E-state index contributed by atoms with van der Waals surface area (Å²) in [5.74, 6) is -1.92. The summed E-state index contributed by atoms with van der Waals surface area (Å²) in [5.41, 5.74) is 1.27. The third-order valence-corrected chi connectivity index (χ3v) is 4.58. The van der Waals surface area contributed by atoms with Gasteiger partial charge in [0.25, 0.3) is 11.8 Å². The number of esters is 1. The largest absolute Gasteiger partial charge is 0.462 e. The topological polar surface area (TPSA) is 92.8 Å². The van der Waals surface area contributed by atoms with Gasteiger partial charge in [-0.1, -0.05) is 31.2 Å². The van der Waals surface area contributed by atoms with Crippen LogP contribution in [-0.4, -0.2) is 30.2 Å². The Balaban J connectivity index is 1.95. The molecule has 0 saturated carbocycles. The SMILES string of the molecule is CCCC(=O)/C(=C/Nc1ccccc1N1C(=O)c2ccccc2C1=O)C(=O)OCC. The van der Waals surface area contributed by atoms with Crippen LogP contribution in [0.15, 0.2) is 60.3 Å². The maximum Gasteiger partial charge on any atom is 0.343 e. The molecule has 0 unspecified atom stereocenters. The van der Waals surface area contributed by atoms with E-state index in [2.05, 4.69) is 5.32 Å². The first-order valence-corrected chi connectivity index (χ1v) is 9.73. The van der Waals surface area contributed by atoms with E-state index in [9.17, 15) is 19.2 Å². The zero-order valence-corrected chi connectivity index (χ0v) is 16.8. The highest BCUT2D eigenvalue weighted by Crippen LogP contribution is 2.33. The van der Waals surface area contributed by atoms with E-state index < -0.39 is 17.8 Å². The lowest BCUT2D eigenvalue weighted by Crippen LogP contribution is -2.30. The van der Waals surface area contributed by atoms with E-state index in [1.54, 1.807) is 55.5 Å². The van der Waals surface area contributed by atoms with Gasteiger partial charge in [0.05, 0.1) is 29.1 Å². The molecule has 0 fully saturated rings. The Kier molecular flexibility index (Phi) is 6.41. The van der Waals surface area contributed by atoms with Gasteiger partial charge in [-0.25, -0.2) is 9.69 Å². The number of hydrogen-bond acceptors (Lipinski definition) is 6. The number of nitrogens with zero attached hydrogens (tertiary/aromatic N) is 1. The van der Waals surface area contributed by atoms with Crippen molar-refractivity contribution < 1.29 is 23.9 Å². The number of ketones is 1. The summed E-state index contributed by atoms with van der Waals surface area (Å²) in [5, 5.41) is 2.91. The second-order valence-electron chi connectivity index (χ2n) is 6.60. The minimum absolute atomic E-state index is 0.115. The molecule has 154 valence electrons. The molecule has 0 atom stereocenters. The number of nitrogens with one attached hydrogen (secondary N) is 1. The molecule has 1 N–H and O–H groups in total. The predicted molar refractivity (Wildman–Crippen MR) is 112 cm³/mol. The number of benzene rings is 2. The molecule has 1 aliphatic rings. The number of imide groups is 1. The molecule has 0 bridgehead atoms. The van der Waals surface area contributed by atoms with Gasteiger partial charge in [-0.2, -0.15) is 0 Å². The number of carbonyl (C=O) groups is 4. The van der Waals surface area contributed by atoms with Gasteiger partial charge in [0.2, 0.25) is 0 Å². The van der Waals surface area contributed by atoms with E-state index >= 15 is 0 Å². The fourth-order valence-corrected chi connectivity index (χ4v) is 3.17. The number of anilines is 2. The van der Waals surface area contributed by atoms with Gasteiger partial charge < -0.3 is 10.1 Å². The van der Waals surface area contributed by atoms with Crippen molar-refractivity contribution >= 4 is 34.9 Å². The van der Waals surface area contributed by atoms with Gasteiger partial charge in [0.1, 0.15) is 5.57 Å². The van der Waals surface area contributed by atoms with Crippen molar-refractivity contribution in [1.82, 2.24) is 0 Å². The van der Waals surface area contributed by atoms with Gasteiger partial charge in [-0.3, -0.25) is 14.4 Å². The van der Waals surface area contributed by atoms with Crippen LogP contribution in [0.2, 0.25) is 0 Å². The summed E-state index contributed by atoms with van der Waals surface area (Å²) in [7, 11) is 0. The number of para-hydroxylation sites is 2. The van der Waals surface area contributed by atoms with Crippen molar-refractivity contribution in [2.24, 2.45) is 0 Å². The zero-order valence-electron chi connectivity index (χ0n) is 16.8. The third kappa shape index (κ3) is 4.00. The van der Waals surface area contributed by atoms with Crippen molar-refractivity contribution in [2.45, 2.75) is 26.7 Å². The highest BCUT2D eigenvalue weighted by Gasteiger charge is 2.37. The Hall–Kier alpha value is -3.74. The average molecular weight is 406 g/mol. The van der Waals surface area contributed by atoms with Crippen LogP contribution in [0, 0.1) is 0 Å². The average Bonchev–Trinajstić information content (AvgIpc) is 2.99. The fraction of sp³-hybridized carbons (Fsp3) is 0.217. The van der Waals surface area contributed by atoms with Gasteiger partial charge in [-0.15, -0.1) is 0 Å². The van der Waals surface area contributed by atoms with Crippen molar-refractivity contribution in [2.75, 3.05) is 16.8 Å². The number of Topliss-reactive ketones (excluding diaryl/α,β-unsaturated/α-hetero) is 1. The van der Waals surface area contributed by atoms with Crippen LogP contribution in [0.4, 0.5) is 11.4 Å². The number of amides is 2.